The maximum atomic E-state index is 11.7. The largest absolute Gasteiger partial charge is 0.355 e. The standard InChI is InChI=1S/C13H26N2O.ClH/c1-10-5-4-6-12(7-10)8-13(16)15-9-11(2)14-3;/h10-12,14H,4-9H2,1-3H3,(H,15,16);1H. The number of hydrogen-bond donors (Lipinski definition) is 2. The molecule has 0 aromatic heterocycles. The van der Waals surface area contributed by atoms with E-state index in [1.165, 1.54) is 25.7 Å². The van der Waals surface area contributed by atoms with E-state index >= 15 is 0 Å². The van der Waals surface area contributed by atoms with Crippen LogP contribution in [0.3, 0.4) is 0 Å². The van der Waals surface area contributed by atoms with Crippen molar-refractivity contribution in [2.45, 2.75) is 52.0 Å². The average Bonchev–Trinajstić information content (AvgIpc) is 2.26. The van der Waals surface area contributed by atoms with Crippen molar-refractivity contribution in [1.29, 1.82) is 0 Å². The van der Waals surface area contributed by atoms with Gasteiger partial charge in [-0.05, 0) is 38.6 Å². The number of nitrogens with one attached hydrogen (secondary N) is 2. The van der Waals surface area contributed by atoms with Gasteiger partial charge in [0.15, 0.2) is 0 Å². The van der Waals surface area contributed by atoms with Gasteiger partial charge in [0.05, 0.1) is 0 Å². The van der Waals surface area contributed by atoms with E-state index in [1.807, 2.05) is 7.05 Å². The minimum absolute atomic E-state index is 0. The lowest BCUT2D eigenvalue weighted by Crippen LogP contribution is -2.38. The molecule has 0 aromatic rings. The molecule has 0 aromatic carbocycles. The van der Waals surface area contributed by atoms with Gasteiger partial charge in [0.25, 0.3) is 0 Å². The predicted octanol–water partition coefficient (Wildman–Crippen LogP) is 2.35. The zero-order valence-corrected chi connectivity index (χ0v) is 12.1. The molecule has 3 nitrogen and oxygen atoms in total. The third kappa shape index (κ3) is 6.89. The summed E-state index contributed by atoms with van der Waals surface area (Å²) in [6.45, 7) is 5.10. The Morgan fingerprint density at radius 2 is 2.12 bits per heavy atom. The maximum Gasteiger partial charge on any atom is 0.220 e. The van der Waals surface area contributed by atoms with Gasteiger partial charge in [-0.1, -0.05) is 19.8 Å². The molecule has 0 saturated heterocycles. The fourth-order valence-corrected chi connectivity index (χ4v) is 2.45. The summed E-state index contributed by atoms with van der Waals surface area (Å²) in [5.41, 5.74) is 0. The first-order valence-corrected chi connectivity index (χ1v) is 6.55. The number of rotatable bonds is 5. The first-order valence-electron chi connectivity index (χ1n) is 6.55. The quantitative estimate of drug-likeness (QED) is 0.799. The summed E-state index contributed by atoms with van der Waals surface area (Å²) in [4.78, 5) is 11.7. The van der Waals surface area contributed by atoms with Crippen molar-refractivity contribution in [2.24, 2.45) is 11.8 Å². The summed E-state index contributed by atoms with van der Waals surface area (Å²) >= 11 is 0. The van der Waals surface area contributed by atoms with Gasteiger partial charge in [-0.15, -0.1) is 12.4 Å². The van der Waals surface area contributed by atoms with Crippen molar-refractivity contribution >= 4 is 18.3 Å². The van der Waals surface area contributed by atoms with Gasteiger partial charge < -0.3 is 10.6 Å². The van der Waals surface area contributed by atoms with Crippen LogP contribution in [0.4, 0.5) is 0 Å². The minimum atomic E-state index is 0. The van der Waals surface area contributed by atoms with Gasteiger partial charge >= 0.3 is 0 Å². The summed E-state index contributed by atoms with van der Waals surface area (Å²) in [6, 6.07) is 0.356. The lowest BCUT2D eigenvalue weighted by Gasteiger charge is -2.26. The first-order chi connectivity index (χ1) is 7.61. The van der Waals surface area contributed by atoms with Crippen LogP contribution in [0.1, 0.15) is 46.0 Å². The van der Waals surface area contributed by atoms with Crippen molar-refractivity contribution < 1.29 is 4.79 Å². The number of carbonyl (C=O) groups excluding carboxylic acids is 1. The molecule has 0 bridgehead atoms. The van der Waals surface area contributed by atoms with Crippen LogP contribution in [0.5, 0.6) is 0 Å². The first kappa shape index (κ1) is 16.7. The molecule has 2 N–H and O–H groups in total. The second kappa shape index (κ2) is 8.76. The lowest BCUT2D eigenvalue weighted by atomic mass is 9.81. The van der Waals surface area contributed by atoms with Crippen LogP contribution in [-0.2, 0) is 4.79 Å². The second-order valence-electron chi connectivity index (χ2n) is 5.34. The van der Waals surface area contributed by atoms with Gasteiger partial charge in [-0.2, -0.15) is 0 Å². The summed E-state index contributed by atoms with van der Waals surface area (Å²) in [6.07, 6.45) is 5.83. The fraction of sp³-hybridized carbons (Fsp3) is 0.923. The van der Waals surface area contributed by atoms with E-state index in [1.54, 1.807) is 0 Å². The van der Waals surface area contributed by atoms with E-state index in [9.17, 15) is 4.79 Å². The van der Waals surface area contributed by atoms with E-state index in [2.05, 4.69) is 24.5 Å². The Labute approximate surface area is 112 Å². The Balaban J connectivity index is 0.00000256. The molecule has 1 fully saturated rings. The third-order valence-corrected chi connectivity index (χ3v) is 3.62. The molecule has 0 spiro atoms. The summed E-state index contributed by atoms with van der Waals surface area (Å²) in [5.74, 6) is 1.65. The smallest absolute Gasteiger partial charge is 0.220 e. The monoisotopic (exact) mass is 262 g/mol. The highest BCUT2D eigenvalue weighted by molar-refractivity contribution is 5.85. The predicted molar refractivity (Wildman–Crippen MR) is 74.5 cm³/mol. The minimum Gasteiger partial charge on any atom is -0.355 e. The van der Waals surface area contributed by atoms with E-state index in [4.69, 9.17) is 0 Å². The Hall–Kier alpha value is -0.280. The normalized spacial score (nSPS) is 25.8. The Morgan fingerprint density at radius 3 is 2.71 bits per heavy atom. The summed E-state index contributed by atoms with van der Waals surface area (Å²) in [5, 5.41) is 6.11. The molecule has 1 amide bonds. The third-order valence-electron chi connectivity index (χ3n) is 3.62. The molecule has 0 radical (unpaired) electrons. The van der Waals surface area contributed by atoms with Gasteiger partial charge in [0, 0.05) is 19.0 Å². The topological polar surface area (TPSA) is 41.1 Å². The molecular formula is C13H27ClN2O. The molecule has 1 saturated carbocycles. The molecule has 3 atom stereocenters. The van der Waals surface area contributed by atoms with Gasteiger partial charge in [0.1, 0.15) is 0 Å². The van der Waals surface area contributed by atoms with Crippen molar-refractivity contribution in [2.75, 3.05) is 13.6 Å². The zero-order valence-electron chi connectivity index (χ0n) is 11.3. The Bertz CT molecular complexity index is 223. The van der Waals surface area contributed by atoms with Crippen LogP contribution in [0, 0.1) is 11.8 Å². The van der Waals surface area contributed by atoms with Crippen molar-refractivity contribution in [3.05, 3.63) is 0 Å². The van der Waals surface area contributed by atoms with Gasteiger partial charge in [-0.3, -0.25) is 4.79 Å². The maximum absolute atomic E-state index is 11.7. The van der Waals surface area contributed by atoms with Crippen LogP contribution in [0.2, 0.25) is 0 Å². The summed E-state index contributed by atoms with van der Waals surface area (Å²) in [7, 11) is 1.92. The molecular weight excluding hydrogens is 236 g/mol. The highest BCUT2D eigenvalue weighted by atomic mass is 35.5. The number of likely N-dealkylation sites (N-methyl/N-ethyl adjacent to an activating group) is 1. The fourth-order valence-electron chi connectivity index (χ4n) is 2.45. The molecule has 4 heteroatoms. The SMILES string of the molecule is CNC(C)CNC(=O)CC1CCCC(C)C1.Cl. The number of amides is 1. The van der Waals surface area contributed by atoms with Crippen molar-refractivity contribution in [3.8, 4) is 0 Å². The molecule has 1 aliphatic rings. The second-order valence-corrected chi connectivity index (χ2v) is 5.34. The van der Waals surface area contributed by atoms with Crippen LogP contribution < -0.4 is 10.6 Å². The number of halogens is 1. The van der Waals surface area contributed by atoms with Crippen LogP contribution >= 0.6 is 12.4 Å². The van der Waals surface area contributed by atoms with Crippen molar-refractivity contribution in [3.63, 3.8) is 0 Å². The Morgan fingerprint density at radius 1 is 1.41 bits per heavy atom. The van der Waals surface area contributed by atoms with Crippen LogP contribution in [-0.4, -0.2) is 25.5 Å². The number of carbonyl (C=O) groups is 1. The summed E-state index contributed by atoms with van der Waals surface area (Å²) < 4.78 is 0. The van der Waals surface area contributed by atoms with Gasteiger partial charge in [0.2, 0.25) is 5.91 Å². The molecule has 1 aliphatic carbocycles. The molecule has 1 rings (SSSR count). The molecule has 102 valence electrons. The van der Waals surface area contributed by atoms with E-state index in [0.717, 1.165) is 18.9 Å². The highest BCUT2D eigenvalue weighted by Gasteiger charge is 2.21. The van der Waals surface area contributed by atoms with E-state index in [0.29, 0.717) is 12.0 Å². The zero-order chi connectivity index (χ0) is 12.0. The molecule has 17 heavy (non-hydrogen) atoms. The van der Waals surface area contributed by atoms with E-state index in [-0.39, 0.29) is 18.3 Å². The van der Waals surface area contributed by atoms with Crippen LogP contribution in [0.15, 0.2) is 0 Å². The average molecular weight is 263 g/mol. The molecule has 0 heterocycles. The lowest BCUT2D eigenvalue weighted by molar-refractivity contribution is -0.122. The Kier molecular flexibility index (Phi) is 8.61. The van der Waals surface area contributed by atoms with E-state index < -0.39 is 0 Å². The molecule has 0 aliphatic heterocycles. The van der Waals surface area contributed by atoms with Crippen molar-refractivity contribution in [1.82, 2.24) is 10.6 Å². The van der Waals surface area contributed by atoms with Crippen LogP contribution in [0.25, 0.3) is 0 Å². The van der Waals surface area contributed by atoms with Gasteiger partial charge in [-0.25, -0.2) is 0 Å². The highest BCUT2D eigenvalue weighted by Crippen LogP contribution is 2.30. The number of hydrogen-bond acceptors (Lipinski definition) is 2. The molecule has 3 unspecified atom stereocenters.